The molecule has 0 atom stereocenters. The van der Waals surface area contributed by atoms with E-state index in [2.05, 4.69) is 72.8 Å². The van der Waals surface area contributed by atoms with Crippen molar-refractivity contribution in [3.8, 4) is 28.6 Å². The second kappa shape index (κ2) is 13.8. The van der Waals surface area contributed by atoms with Crippen molar-refractivity contribution in [2.75, 3.05) is 0 Å². The number of aromatic nitrogens is 2. The zero-order valence-electron chi connectivity index (χ0n) is 17.9. The molecule has 36 heavy (non-hydrogen) atoms. The maximum atomic E-state index is 4.86. The van der Waals surface area contributed by atoms with E-state index in [4.69, 9.17) is 79.6 Å². The second-order valence-corrected chi connectivity index (χ2v) is 17.2. The van der Waals surface area contributed by atoms with Crippen molar-refractivity contribution in [1.82, 2.24) is 9.97 Å². The van der Waals surface area contributed by atoms with Gasteiger partial charge >= 0.3 is 183 Å². The quantitative estimate of drug-likeness (QED) is 0.133. The third-order valence-corrected chi connectivity index (χ3v) is 11.9. The number of alkyl halides is 6. The average molecular weight is 765 g/mol. The minimum absolute atomic E-state index is 0.312. The molecule has 0 aliphatic carbocycles. The maximum absolute atomic E-state index is 4.86. The van der Waals surface area contributed by atoms with Gasteiger partial charge in [-0.3, -0.25) is 0 Å². The van der Waals surface area contributed by atoms with E-state index in [9.17, 15) is 0 Å². The normalized spacial score (nSPS) is 11.0. The minimum atomic E-state index is -0.750. The van der Waals surface area contributed by atoms with E-state index in [1.165, 1.54) is 37.2 Å². The van der Waals surface area contributed by atoms with E-state index >= 15 is 0 Å². The third-order valence-electron chi connectivity index (χ3n) is 4.46. The molecule has 4 aromatic heterocycles. The third kappa shape index (κ3) is 7.99. The molecule has 0 amide bonds. The van der Waals surface area contributed by atoms with E-state index in [0.717, 1.165) is 11.0 Å². The Morgan fingerprint density at radius 2 is 0.833 bits per heavy atom. The number of thiophene rings is 2. The predicted octanol–water partition coefficient (Wildman–Crippen LogP) is 9.99. The molecule has 0 spiro atoms. The summed E-state index contributed by atoms with van der Waals surface area (Å²) < 4.78 is 3.78. The standard InChI is InChI=1S/C22H12N2S2Se2.2CHCl3/c1-3-7-19-13(5-1)23-21(27-19)17-11-9-15(25-17)16-10-12-18(26-16)22-24-14-6-2-4-8-20(14)28-22;2*2-1(3)4/h1-12H;2*1H. The molecule has 0 bridgehead atoms. The van der Waals surface area contributed by atoms with Gasteiger partial charge in [-0.15, -0.1) is 0 Å². The van der Waals surface area contributed by atoms with E-state index in [1.807, 2.05) is 22.7 Å². The molecule has 4 heterocycles. The molecular weight excluding hydrogens is 751 g/mol. The number of hydrogen-bond acceptors (Lipinski definition) is 4. The average Bonchev–Trinajstić information content (AvgIpc) is 3.62. The number of hydrogen-bond donors (Lipinski definition) is 0. The van der Waals surface area contributed by atoms with Crippen LogP contribution in [0.1, 0.15) is 0 Å². The second-order valence-electron chi connectivity index (χ2n) is 6.80. The number of nitrogens with zero attached hydrogens (tertiary/aromatic N) is 2. The number of benzene rings is 2. The van der Waals surface area contributed by atoms with Gasteiger partial charge in [0, 0.05) is 0 Å². The van der Waals surface area contributed by atoms with Gasteiger partial charge in [0.25, 0.3) is 0 Å². The number of fused-ring (bicyclic) bond motifs is 2. The van der Waals surface area contributed by atoms with Crippen LogP contribution in [0.15, 0.2) is 72.8 Å². The summed E-state index contributed by atoms with van der Waals surface area (Å²) in [4.78, 5) is 15.0. The molecule has 6 rings (SSSR count). The van der Waals surface area contributed by atoms with E-state index in [-0.39, 0.29) is 0 Å². The molecule has 0 N–H and O–H groups in total. The molecule has 0 fully saturated rings. The molecule has 12 heteroatoms. The van der Waals surface area contributed by atoms with Crippen LogP contribution in [0.2, 0.25) is 0 Å². The van der Waals surface area contributed by atoms with Crippen molar-refractivity contribution in [2.45, 2.75) is 8.59 Å². The molecule has 0 aliphatic rings. The van der Waals surface area contributed by atoms with Crippen molar-refractivity contribution < 1.29 is 0 Å². The van der Waals surface area contributed by atoms with E-state index in [1.54, 1.807) is 0 Å². The first-order valence-electron chi connectivity index (χ1n) is 10.1. The van der Waals surface area contributed by atoms with Crippen molar-refractivity contribution >= 4 is 141 Å². The number of rotatable bonds is 3. The van der Waals surface area contributed by atoms with Gasteiger partial charge in [0.1, 0.15) is 0 Å². The molecule has 0 saturated heterocycles. The van der Waals surface area contributed by atoms with Crippen LogP contribution >= 0.6 is 92.3 Å². The summed E-state index contributed by atoms with van der Waals surface area (Å²) >= 11 is 33.2. The Morgan fingerprint density at radius 1 is 0.500 bits per heavy atom. The summed E-state index contributed by atoms with van der Waals surface area (Å²) in [5.74, 6) is 0. The molecule has 186 valence electrons. The molecular formula is C24H14Cl6N2S2Se2. The Balaban J connectivity index is 0.000000336. The van der Waals surface area contributed by atoms with Crippen molar-refractivity contribution in [1.29, 1.82) is 0 Å². The summed E-state index contributed by atoms with van der Waals surface area (Å²) in [7, 11) is 0. The van der Waals surface area contributed by atoms with Crippen LogP contribution in [-0.4, -0.2) is 47.6 Å². The van der Waals surface area contributed by atoms with Gasteiger partial charge in [-0.05, 0) is 0 Å². The molecule has 0 saturated carbocycles. The SMILES string of the molecule is ClC(Cl)Cl.ClC(Cl)Cl.c1ccc2[se]c(-c3ccc(-c4ccc(-c5nc6ccccc6[se]5)s4)s3)nc2c1. The Kier molecular flexibility index (Phi) is 11.1. The van der Waals surface area contributed by atoms with Gasteiger partial charge in [0.15, 0.2) is 8.59 Å². The Labute approximate surface area is 258 Å². The van der Waals surface area contributed by atoms with Gasteiger partial charge in [0.2, 0.25) is 0 Å². The first-order chi connectivity index (χ1) is 17.3. The van der Waals surface area contributed by atoms with Gasteiger partial charge < -0.3 is 0 Å². The summed E-state index contributed by atoms with van der Waals surface area (Å²) in [5.41, 5.74) is 2.29. The van der Waals surface area contributed by atoms with Gasteiger partial charge in [-0.1, -0.05) is 69.6 Å². The Hall–Kier alpha value is -0.0410. The molecule has 0 radical (unpaired) electrons. The van der Waals surface area contributed by atoms with E-state index in [0.29, 0.717) is 29.0 Å². The molecule has 2 nitrogen and oxygen atoms in total. The molecule has 0 unspecified atom stereocenters. The zero-order valence-corrected chi connectivity index (χ0v) is 27.5. The molecule has 6 aromatic rings. The van der Waals surface area contributed by atoms with Crippen LogP contribution in [0, 0.1) is 0 Å². The van der Waals surface area contributed by atoms with Crippen LogP contribution < -0.4 is 0 Å². The Bertz CT molecular complexity index is 1370. The van der Waals surface area contributed by atoms with Gasteiger partial charge in [-0.2, -0.15) is 0 Å². The number of para-hydroxylation sites is 2. The van der Waals surface area contributed by atoms with Crippen LogP contribution in [0.5, 0.6) is 0 Å². The van der Waals surface area contributed by atoms with Crippen LogP contribution in [-0.2, 0) is 0 Å². The molecule has 0 aliphatic heterocycles. The number of halogens is 6. The van der Waals surface area contributed by atoms with Crippen molar-refractivity contribution in [3.63, 3.8) is 0 Å². The van der Waals surface area contributed by atoms with Gasteiger partial charge in [0.05, 0.1) is 0 Å². The monoisotopic (exact) mass is 764 g/mol. The van der Waals surface area contributed by atoms with Crippen molar-refractivity contribution in [3.05, 3.63) is 72.8 Å². The zero-order chi connectivity index (χ0) is 25.7. The summed E-state index contributed by atoms with van der Waals surface area (Å²) in [6.45, 7) is 0. The first-order valence-corrected chi connectivity index (χ1v) is 17.7. The topological polar surface area (TPSA) is 25.8 Å². The summed E-state index contributed by atoms with van der Waals surface area (Å²) in [5, 5.41) is 0. The summed E-state index contributed by atoms with van der Waals surface area (Å²) in [6.07, 6.45) is 0. The fourth-order valence-corrected chi connectivity index (χ4v) is 9.67. The van der Waals surface area contributed by atoms with Crippen LogP contribution in [0.25, 0.3) is 48.2 Å². The Morgan fingerprint density at radius 3 is 1.19 bits per heavy atom. The van der Waals surface area contributed by atoms with Crippen LogP contribution in [0.4, 0.5) is 0 Å². The van der Waals surface area contributed by atoms with E-state index < -0.39 is 8.59 Å². The predicted molar refractivity (Wildman–Crippen MR) is 166 cm³/mol. The fraction of sp³-hybridized carbons (Fsp3) is 0.0833. The van der Waals surface area contributed by atoms with Gasteiger partial charge in [-0.25, -0.2) is 0 Å². The fourth-order valence-electron chi connectivity index (χ4n) is 3.13. The molecule has 2 aromatic carbocycles. The summed E-state index contributed by atoms with van der Waals surface area (Å²) in [6, 6.07) is 26.0. The first kappa shape index (κ1) is 29.0. The van der Waals surface area contributed by atoms with Crippen LogP contribution in [0.3, 0.4) is 0 Å². The van der Waals surface area contributed by atoms with Crippen molar-refractivity contribution in [2.24, 2.45) is 0 Å².